The molecule has 1 atom stereocenters. The van der Waals surface area contributed by atoms with E-state index in [0.29, 0.717) is 0 Å². The van der Waals surface area contributed by atoms with Gasteiger partial charge in [-0.15, -0.1) is 0 Å². The Hall–Kier alpha value is -0.410. The highest BCUT2D eigenvalue weighted by Gasteiger charge is 1.83. The van der Waals surface area contributed by atoms with E-state index in [0.717, 1.165) is 6.29 Å². The zero-order valence-electron chi connectivity index (χ0n) is 5.16. The van der Waals surface area contributed by atoms with E-state index in [1.54, 1.807) is 0 Å². The number of aliphatic hydroxyl groups excluding tert-OH is 2. The molecule has 0 fully saturated rings. The summed E-state index contributed by atoms with van der Waals surface area (Å²) in [5.41, 5.74) is 0. The van der Waals surface area contributed by atoms with Crippen LogP contribution in [0.4, 0.5) is 0 Å². The smallest absolute Gasteiger partial charge is 0.116 e. The predicted octanol–water partition coefficient (Wildman–Crippen LogP) is -0.435. The van der Waals surface area contributed by atoms with E-state index < -0.39 is 6.10 Å². The largest absolute Gasteiger partial charge is 0.394 e. The van der Waals surface area contributed by atoms with Crippen molar-refractivity contribution in [2.24, 2.45) is 0 Å². The third kappa shape index (κ3) is 46.6. The number of hydrogen-bond donors (Lipinski definition) is 2. The third-order valence-electron chi connectivity index (χ3n) is 0.264. The van der Waals surface area contributed by atoms with Crippen molar-refractivity contribution >= 4 is 6.29 Å². The van der Waals surface area contributed by atoms with Crippen LogP contribution < -0.4 is 0 Å². The van der Waals surface area contributed by atoms with E-state index in [2.05, 4.69) is 0 Å². The monoisotopic (exact) mass is 120 g/mol. The molecule has 0 spiro atoms. The van der Waals surface area contributed by atoms with Gasteiger partial charge in [-0.1, -0.05) is 0 Å². The molecule has 0 aromatic carbocycles. The molecule has 1 unspecified atom stereocenters. The van der Waals surface area contributed by atoms with Gasteiger partial charge in [-0.3, -0.25) is 0 Å². The van der Waals surface area contributed by atoms with Crippen LogP contribution in [0.1, 0.15) is 13.8 Å². The lowest BCUT2D eigenvalue weighted by Crippen LogP contribution is -2.03. The van der Waals surface area contributed by atoms with Crippen molar-refractivity contribution in [3.8, 4) is 0 Å². The fourth-order valence-electron chi connectivity index (χ4n) is 0. The number of carbonyl (C=O) groups is 1. The molecule has 0 saturated carbocycles. The van der Waals surface area contributed by atoms with Crippen molar-refractivity contribution in [3.63, 3.8) is 0 Å². The summed E-state index contributed by atoms with van der Waals surface area (Å²) in [6.45, 7) is 2.83. The van der Waals surface area contributed by atoms with Crippen LogP contribution in [0.25, 0.3) is 0 Å². The van der Waals surface area contributed by atoms with Crippen LogP contribution in [0.15, 0.2) is 0 Å². The molecule has 0 aliphatic rings. The SMILES string of the molecule is CC(O)CO.CC=O. The van der Waals surface area contributed by atoms with Gasteiger partial charge in [-0.05, 0) is 13.8 Å². The Morgan fingerprint density at radius 3 is 1.88 bits per heavy atom. The number of rotatable bonds is 1. The van der Waals surface area contributed by atoms with Crippen LogP contribution in [0.3, 0.4) is 0 Å². The van der Waals surface area contributed by atoms with Crippen molar-refractivity contribution in [1.82, 2.24) is 0 Å². The number of aldehydes is 1. The molecule has 3 nitrogen and oxygen atoms in total. The Bertz CT molecular complexity index is 42.9. The molecular weight excluding hydrogens is 108 g/mol. The van der Waals surface area contributed by atoms with Crippen molar-refractivity contribution in [2.75, 3.05) is 6.61 Å². The minimum Gasteiger partial charge on any atom is -0.394 e. The van der Waals surface area contributed by atoms with E-state index in [1.807, 2.05) is 0 Å². The Morgan fingerprint density at radius 2 is 1.88 bits per heavy atom. The molecule has 2 N–H and O–H groups in total. The Balaban J connectivity index is 0. The van der Waals surface area contributed by atoms with Gasteiger partial charge in [0, 0.05) is 0 Å². The van der Waals surface area contributed by atoms with Gasteiger partial charge in [0.25, 0.3) is 0 Å². The summed E-state index contributed by atoms with van der Waals surface area (Å²) >= 11 is 0. The maximum atomic E-state index is 8.81. The first-order chi connectivity index (χ1) is 3.68. The molecule has 0 rings (SSSR count). The van der Waals surface area contributed by atoms with Crippen LogP contribution >= 0.6 is 0 Å². The van der Waals surface area contributed by atoms with Crippen LogP contribution in [0.2, 0.25) is 0 Å². The van der Waals surface area contributed by atoms with Gasteiger partial charge < -0.3 is 15.0 Å². The molecule has 8 heavy (non-hydrogen) atoms. The first-order valence-electron chi connectivity index (χ1n) is 2.37. The molecule has 0 heterocycles. The lowest BCUT2D eigenvalue weighted by atomic mass is 10.5. The normalized spacial score (nSPS) is 11.0. The van der Waals surface area contributed by atoms with E-state index in [9.17, 15) is 0 Å². The first-order valence-corrected chi connectivity index (χ1v) is 2.37. The lowest BCUT2D eigenvalue weighted by molar-refractivity contribution is -0.106. The van der Waals surface area contributed by atoms with Crippen molar-refractivity contribution in [1.29, 1.82) is 0 Å². The lowest BCUT2D eigenvalue weighted by Gasteiger charge is -1.90. The summed E-state index contributed by atoms with van der Waals surface area (Å²) in [6, 6.07) is 0. The number of carbonyl (C=O) groups excluding carboxylic acids is 1. The third-order valence-corrected chi connectivity index (χ3v) is 0.264. The van der Waals surface area contributed by atoms with Gasteiger partial charge in [0.15, 0.2) is 0 Å². The van der Waals surface area contributed by atoms with Crippen molar-refractivity contribution < 1.29 is 15.0 Å². The van der Waals surface area contributed by atoms with E-state index in [4.69, 9.17) is 15.0 Å². The van der Waals surface area contributed by atoms with Gasteiger partial charge in [0.1, 0.15) is 6.29 Å². The molecule has 0 amide bonds. The second-order valence-electron chi connectivity index (χ2n) is 1.27. The maximum absolute atomic E-state index is 8.81. The highest BCUT2D eigenvalue weighted by molar-refractivity contribution is 5.44. The molecule has 50 valence electrons. The van der Waals surface area contributed by atoms with E-state index in [1.165, 1.54) is 13.8 Å². The summed E-state index contributed by atoms with van der Waals surface area (Å²) in [5, 5.41) is 16.0. The first kappa shape index (κ1) is 10.5. The average Bonchev–Trinajstić information content (AvgIpc) is 1.69. The summed E-state index contributed by atoms with van der Waals surface area (Å²) in [5.74, 6) is 0. The Kier molecular flexibility index (Phi) is 12.9. The minimum absolute atomic E-state index is 0.139. The predicted molar refractivity (Wildman–Crippen MR) is 30.5 cm³/mol. The van der Waals surface area contributed by atoms with Crippen LogP contribution in [0, 0.1) is 0 Å². The summed E-state index contributed by atoms with van der Waals surface area (Å²) in [6.07, 6.45) is 0.190. The molecular formula is C5H12O3. The quantitative estimate of drug-likeness (QED) is 0.461. The molecule has 0 radical (unpaired) electrons. The van der Waals surface area contributed by atoms with Gasteiger partial charge in [-0.2, -0.15) is 0 Å². The number of hydrogen-bond acceptors (Lipinski definition) is 3. The molecule has 0 aliphatic carbocycles. The van der Waals surface area contributed by atoms with Gasteiger partial charge in [0.05, 0.1) is 12.7 Å². The van der Waals surface area contributed by atoms with Gasteiger partial charge >= 0.3 is 0 Å². The maximum Gasteiger partial charge on any atom is 0.116 e. The second kappa shape index (κ2) is 9.77. The Labute approximate surface area is 49.0 Å². The highest BCUT2D eigenvalue weighted by Crippen LogP contribution is 1.68. The highest BCUT2D eigenvalue weighted by atomic mass is 16.3. The second-order valence-corrected chi connectivity index (χ2v) is 1.27. The van der Waals surface area contributed by atoms with E-state index >= 15 is 0 Å². The summed E-state index contributed by atoms with van der Waals surface area (Å²) < 4.78 is 0. The van der Waals surface area contributed by atoms with Crippen LogP contribution in [-0.2, 0) is 4.79 Å². The fraction of sp³-hybridized carbons (Fsp3) is 0.800. The number of aliphatic hydroxyl groups is 2. The average molecular weight is 120 g/mol. The minimum atomic E-state index is -0.560. The van der Waals surface area contributed by atoms with Gasteiger partial charge in [0.2, 0.25) is 0 Å². The van der Waals surface area contributed by atoms with Gasteiger partial charge in [-0.25, -0.2) is 0 Å². The topological polar surface area (TPSA) is 57.5 Å². The van der Waals surface area contributed by atoms with Crippen LogP contribution in [0.5, 0.6) is 0 Å². The molecule has 3 heteroatoms. The molecule has 0 aromatic rings. The van der Waals surface area contributed by atoms with Crippen molar-refractivity contribution in [2.45, 2.75) is 20.0 Å². The van der Waals surface area contributed by atoms with Crippen LogP contribution in [-0.4, -0.2) is 29.2 Å². The van der Waals surface area contributed by atoms with E-state index in [-0.39, 0.29) is 6.61 Å². The molecule has 0 aliphatic heterocycles. The standard InChI is InChI=1S/C3H8O2.C2H4O/c1-3(5)2-4;1-2-3/h3-5H,2H2,1H3;2H,1H3. The summed E-state index contributed by atoms with van der Waals surface area (Å²) in [4.78, 5) is 8.81. The fourth-order valence-corrected chi connectivity index (χ4v) is 0. The summed E-state index contributed by atoms with van der Waals surface area (Å²) in [7, 11) is 0. The Morgan fingerprint density at radius 1 is 1.75 bits per heavy atom. The molecule has 0 aromatic heterocycles. The zero-order chi connectivity index (χ0) is 6.99. The molecule has 0 saturated heterocycles. The zero-order valence-corrected chi connectivity index (χ0v) is 5.16. The molecule has 0 bridgehead atoms. The van der Waals surface area contributed by atoms with Crippen molar-refractivity contribution in [3.05, 3.63) is 0 Å².